The van der Waals surface area contributed by atoms with Crippen molar-refractivity contribution in [1.29, 1.82) is 0 Å². The van der Waals surface area contributed by atoms with Crippen molar-refractivity contribution in [3.63, 3.8) is 0 Å². The molecule has 0 bridgehead atoms. The average molecular weight is 536 g/mol. The van der Waals surface area contributed by atoms with Crippen LogP contribution >= 0.6 is 23.2 Å². The Balaban J connectivity index is 0.000000213. The molecule has 2 aliphatic heterocycles. The number of aliphatic imine (C=N–C) groups is 1. The van der Waals surface area contributed by atoms with Gasteiger partial charge in [0.1, 0.15) is 0 Å². The van der Waals surface area contributed by atoms with Crippen molar-refractivity contribution in [2.24, 2.45) is 4.99 Å². The number of nitrogens with one attached hydrogen (secondary N) is 2. The number of urea groups is 1. The van der Waals surface area contributed by atoms with E-state index in [0.717, 1.165) is 38.4 Å². The van der Waals surface area contributed by atoms with E-state index in [0.29, 0.717) is 15.7 Å². The second-order valence-corrected chi connectivity index (χ2v) is 9.10. The number of halogens is 2. The Bertz CT molecular complexity index is 972. The quantitative estimate of drug-likeness (QED) is 0.437. The summed E-state index contributed by atoms with van der Waals surface area (Å²) in [5.74, 6) is 0. The van der Waals surface area contributed by atoms with E-state index >= 15 is 0 Å². The van der Waals surface area contributed by atoms with Gasteiger partial charge in [0.2, 0.25) is 6.08 Å². The third-order valence-electron chi connectivity index (χ3n) is 5.82. The normalized spacial score (nSPS) is 15.9. The fourth-order valence-electron chi connectivity index (χ4n) is 3.66. The molecule has 0 unspecified atom stereocenters. The van der Waals surface area contributed by atoms with Crippen LogP contribution in [0.4, 0.5) is 16.2 Å². The van der Waals surface area contributed by atoms with Gasteiger partial charge in [0.25, 0.3) is 0 Å². The molecular weight excluding hydrogens is 499 g/mol. The third-order valence-corrected chi connectivity index (χ3v) is 6.29. The van der Waals surface area contributed by atoms with Crippen molar-refractivity contribution in [2.75, 3.05) is 70.8 Å². The number of likely N-dealkylation sites (N-methyl/N-ethyl adjacent to an activating group) is 2. The summed E-state index contributed by atoms with van der Waals surface area (Å²) in [5, 5.41) is 7.37. The lowest BCUT2D eigenvalue weighted by molar-refractivity contribution is 0.151. The number of rotatable bonds is 4. The van der Waals surface area contributed by atoms with Gasteiger partial charge < -0.3 is 25.3 Å². The number of anilines is 1. The van der Waals surface area contributed by atoms with Gasteiger partial charge in [0, 0.05) is 68.1 Å². The van der Waals surface area contributed by atoms with Crippen molar-refractivity contribution >= 4 is 46.7 Å². The first-order chi connectivity index (χ1) is 17.4. The minimum atomic E-state index is -0.0481. The zero-order valence-corrected chi connectivity index (χ0v) is 22.6. The Kier molecular flexibility index (Phi) is 14.1. The lowest BCUT2D eigenvalue weighted by atomic mass is 10.3. The maximum atomic E-state index is 12.0. The molecule has 0 saturated carbocycles. The van der Waals surface area contributed by atoms with Crippen LogP contribution in [0.5, 0.6) is 0 Å². The smallest absolute Gasteiger partial charge is 0.321 e. The van der Waals surface area contributed by atoms with Crippen molar-refractivity contribution < 1.29 is 9.59 Å². The van der Waals surface area contributed by atoms with Crippen LogP contribution < -0.4 is 10.6 Å². The molecular formula is C26H36Cl2N6O2. The van der Waals surface area contributed by atoms with E-state index in [1.54, 1.807) is 36.4 Å². The Morgan fingerprint density at radius 2 is 1.50 bits per heavy atom. The van der Waals surface area contributed by atoms with Gasteiger partial charge >= 0.3 is 6.03 Å². The maximum Gasteiger partial charge on any atom is 0.321 e. The highest BCUT2D eigenvalue weighted by Crippen LogP contribution is 2.17. The number of amides is 2. The molecule has 4 rings (SSSR count). The summed E-state index contributed by atoms with van der Waals surface area (Å²) in [7, 11) is 0. The minimum Gasteiger partial charge on any atom is -0.322 e. The summed E-state index contributed by atoms with van der Waals surface area (Å²) < 4.78 is 0. The Morgan fingerprint density at radius 3 is 2.03 bits per heavy atom. The van der Waals surface area contributed by atoms with E-state index in [1.165, 1.54) is 38.8 Å². The first-order valence-electron chi connectivity index (χ1n) is 12.3. The fraction of sp³-hybridized carbons (Fsp3) is 0.462. The second kappa shape index (κ2) is 17.1. The van der Waals surface area contributed by atoms with E-state index in [2.05, 4.69) is 39.3 Å². The number of benzene rings is 2. The molecule has 196 valence electrons. The van der Waals surface area contributed by atoms with Gasteiger partial charge in [-0.25, -0.2) is 9.59 Å². The highest BCUT2D eigenvalue weighted by Gasteiger charge is 2.19. The molecule has 2 saturated heterocycles. The van der Waals surface area contributed by atoms with E-state index in [-0.39, 0.29) is 6.03 Å². The molecule has 2 aromatic rings. The van der Waals surface area contributed by atoms with Gasteiger partial charge in [-0.15, -0.1) is 0 Å². The minimum absolute atomic E-state index is 0.0481. The Hall–Kier alpha value is -2.45. The lowest BCUT2D eigenvalue weighted by Gasteiger charge is -2.33. The van der Waals surface area contributed by atoms with Crippen molar-refractivity contribution in [3.8, 4) is 0 Å². The monoisotopic (exact) mass is 534 g/mol. The summed E-state index contributed by atoms with van der Waals surface area (Å²) in [4.78, 5) is 31.8. The topological polar surface area (TPSA) is 80.3 Å². The molecule has 36 heavy (non-hydrogen) atoms. The van der Waals surface area contributed by atoms with Crippen molar-refractivity contribution in [1.82, 2.24) is 20.0 Å². The van der Waals surface area contributed by atoms with Crippen LogP contribution in [-0.2, 0) is 4.79 Å². The molecule has 0 atom stereocenters. The van der Waals surface area contributed by atoms with Crippen molar-refractivity contribution in [3.05, 3.63) is 58.6 Å². The van der Waals surface area contributed by atoms with E-state index < -0.39 is 0 Å². The van der Waals surface area contributed by atoms with Crippen LogP contribution in [0.15, 0.2) is 53.5 Å². The van der Waals surface area contributed by atoms with Crippen LogP contribution in [0.2, 0.25) is 10.0 Å². The summed E-state index contributed by atoms with van der Waals surface area (Å²) in [5.41, 5.74) is 1.27. The zero-order valence-electron chi connectivity index (χ0n) is 21.1. The van der Waals surface area contributed by atoms with E-state index in [4.69, 9.17) is 23.2 Å². The highest BCUT2D eigenvalue weighted by molar-refractivity contribution is 6.31. The summed E-state index contributed by atoms with van der Waals surface area (Å²) in [6.45, 7) is 14.9. The summed E-state index contributed by atoms with van der Waals surface area (Å²) in [6, 6.07) is 13.9. The van der Waals surface area contributed by atoms with Gasteiger partial charge in [-0.05, 0) is 49.5 Å². The molecule has 0 spiro atoms. The number of carbonyl (C=O) groups excluding carboxylic acids is 2. The summed E-state index contributed by atoms with van der Waals surface area (Å²) >= 11 is 11.5. The van der Waals surface area contributed by atoms with E-state index in [9.17, 15) is 9.59 Å². The van der Waals surface area contributed by atoms with Gasteiger partial charge in [0.15, 0.2) is 0 Å². The Morgan fingerprint density at radius 1 is 0.917 bits per heavy atom. The SMILES string of the molecule is CCN1CCN(C(=O)Nc2cccc(Cl)c2)CC1.CCN1CCNCC1.O=C=Nc1cccc(Cl)c1. The molecule has 2 heterocycles. The highest BCUT2D eigenvalue weighted by atomic mass is 35.5. The molecule has 8 nitrogen and oxygen atoms in total. The van der Waals surface area contributed by atoms with Gasteiger partial charge in [-0.2, -0.15) is 4.99 Å². The maximum absolute atomic E-state index is 12.0. The average Bonchev–Trinajstić information content (AvgIpc) is 2.90. The summed E-state index contributed by atoms with van der Waals surface area (Å²) in [6.07, 6.45) is 1.43. The van der Waals surface area contributed by atoms with Crippen LogP contribution in [0, 0.1) is 0 Å². The van der Waals surface area contributed by atoms with Gasteiger partial charge in [-0.3, -0.25) is 0 Å². The molecule has 2 aliphatic rings. The van der Waals surface area contributed by atoms with Crippen molar-refractivity contribution in [2.45, 2.75) is 13.8 Å². The molecule has 2 N–H and O–H groups in total. The van der Waals surface area contributed by atoms with Crippen LogP contribution in [0.1, 0.15) is 13.8 Å². The first kappa shape index (κ1) is 29.8. The number of hydrogen-bond acceptors (Lipinski definition) is 6. The number of hydrogen-bond donors (Lipinski definition) is 2. The van der Waals surface area contributed by atoms with Crippen LogP contribution in [0.25, 0.3) is 0 Å². The molecule has 2 aromatic carbocycles. The molecule has 0 aliphatic carbocycles. The number of piperazine rings is 2. The first-order valence-corrected chi connectivity index (χ1v) is 13.0. The number of carbonyl (C=O) groups is 1. The predicted octanol–water partition coefficient (Wildman–Crippen LogP) is 4.73. The number of nitrogens with zero attached hydrogens (tertiary/aromatic N) is 4. The van der Waals surface area contributed by atoms with Crippen LogP contribution in [-0.4, -0.2) is 92.3 Å². The van der Waals surface area contributed by atoms with E-state index in [1.807, 2.05) is 17.0 Å². The molecule has 2 amide bonds. The lowest BCUT2D eigenvalue weighted by Crippen LogP contribution is -2.49. The van der Waals surface area contributed by atoms with Crippen LogP contribution in [0.3, 0.4) is 0 Å². The standard InChI is InChI=1S/C13H18ClN3O.C7H4ClNO.C6H14N2/c1-2-16-6-8-17(9-7-16)13(18)15-12-5-3-4-11(14)10-12;8-6-2-1-3-7(4-6)9-5-10;1-2-8-5-3-7-4-6-8/h3-5,10H,2,6-9H2,1H3,(H,15,18);1-4H;7H,2-6H2,1H3. The van der Waals surface area contributed by atoms with Gasteiger partial charge in [-0.1, -0.05) is 49.2 Å². The second-order valence-electron chi connectivity index (χ2n) is 8.23. The largest absolute Gasteiger partial charge is 0.322 e. The third kappa shape index (κ3) is 11.5. The molecule has 10 heteroatoms. The molecule has 0 radical (unpaired) electrons. The Labute approximate surface area is 224 Å². The molecule has 2 fully saturated rings. The zero-order chi connectivity index (χ0) is 26.2. The predicted molar refractivity (Wildman–Crippen MR) is 148 cm³/mol. The number of isocyanates is 1. The fourth-order valence-corrected chi connectivity index (χ4v) is 4.04. The van der Waals surface area contributed by atoms with Gasteiger partial charge in [0.05, 0.1) is 5.69 Å². The molecule has 0 aromatic heterocycles.